The second-order valence-corrected chi connectivity index (χ2v) is 12.7. The molecule has 1 N–H and O–H groups in total. The van der Waals surface area contributed by atoms with Gasteiger partial charge in [0.05, 0.1) is 22.0 Å². The molecule has 0 amide bonds. The maximum absolute atomic E-state index is 13.8. The molecule has 4 fully saturated rings. The zero-order valence-corrected chi connectivity index (χ0v) is 21.5. The summed E-state index contributed by atoms with van der Waals surface area (Å²) in [6.45, 7) is -1.17. The van der Waals surface area contributed by atoms with Gasteiger partial charge in [-0.05, 0) is 72.7 Å². The van der Waals surface area contributed by atoms with Crippen molar-refractivity contribution in [3.63, 3.8) is 0 Å². The van der Waals surface area contributed by atoms with Gasteiger partial charge in [0.2, 0.25) is 0 Å². The maximum atomic E-state index is 13.8. The van der Waals surface area contributed by atoms with Crippen LogP contribution in [0.4, 0.5) is 17.6 Å². The molecule has 0 radical (unpaired) electrons. The van der Waals surface area contributed by atoms with E-state index < -0.39 is 57.5 Å². The molecule has 6 rings (SSSR count). The van der Waals surface area contributed by atoms with Gasteiger partial charge >= 0.3 is 33.2 Å². The fraction of sp³-hybridized carbons (Fsp3) is 0.636. The molecule has 1 aliphatic heterocycles. The summed E-state index contributed by atoms with van der Waals surface area (Å²) in [4.78, 5) is 25.9. The van der Waals surface area contributed by atoms with Crippen molar-refractivity contribution in [2.24, 2.45) is 23.2 Å². The first-order chi connectivity index (χ1) is 16.6. The first-order valence-corrected chi connectivity index (χ1v) is 13.7. The molecule has 2 unspecified atom stereocenters. The van der Waals surface area contributed by atoms with Gasteiger partial charge in [0, 0.05) is 11.8 Å². The van der Waals surface area contributed by atoms with Crippen LogP contribution in [-0.4, -0.2) is 48.5 Å². The number of fused-ring (bicyclic) bond motifs is 1. The lowest BCUT2D eigenvalue weighted by atomic mass is 9.47. The predicted molar refractivity (Wildman–Crippen MR) is 121 cm³/mol. The van der Waals surface area contributed by atoms with E-state index in [0.717, 1.165) is 3.57 Å². The standard InChI is InChI=1S/C22H21F4IO8S/c23-20(24,22(25,26)36(30,31)32)4-5-33-18(29)19-8-11-6-12(9-19)21(13(7-11)10-19)34-16-14(17(28)35-21)2-1-3-15(16)27/h1-3,11-13H,4-10H2,(H,30,31,32). The van der Waals surface area contributed by atoms with Crippen LogP contribution in [-0.2, 0) is 24.4 Å². The van der Waals surface area contributed by atoms with Crippen LogP contribution in [0.25, 0.3) is 0 Å². The molecule has 14 heteroatoms. The molecule has 8 nitrogen and oxygen atoms in total. The van der Waals surface area contributed by atoms with E-state index in [1.807, 2.05) is 0 Å². The number of carbonyl (C=O) groups excluding carboxylic acids is 2. The van der Waals surface area contributed by atoms with E-state index in [1.54, 1.807) is 18.2 Å². The van der Waals surface area contributed by atoms with Gasteiger partial charge in [-0.3, -0.25) is 9.35 Å². The first-order valence-electron chi connectivity index (χ1n) is 11.2. The third-order valence-electron chi connectivity index (χ3n) is 7.86. The number of benzene rings is 1. The Hall–Kier alpha value is -1.68. The molecule has 4 aliphatic carbocycles. The number of ether oxygens (including phenoxy) is 3. The molecular weight excluding hydrogens is 627 g/mol. The molecule has 1 aromatic carbocycles. The van der Waals surface area contributed by atoms with Crippen LogP contribution < -0.4 is 4.74 Å². The zero-order valence-electron chi connectivity index (χ0n) is 18.5. The number of para-hydroxylation sites is 1. The van der Waals surface area contributed by atoms with Crippen molar-refractivity contribution < 1.29 is 54.3 Å². The Morgan fingerprint density at radius 1 is 1.14 bits per heavy atom. The van der Waals surface area contributed by atoms with Crippen molar-refractivity contribution >= 4 is 44.6 Å². The number of rotatable bonds is 6. The number of hydrogen-bond donors (Lipinski definition) is 1. The first kappa shape index (κ1) is 25.9. The number of carbonyl (C=O) groups is 2. The highest BCUT2D eigenvalue weighted by Gasteiger charge is 2.70. The second kappa shape index (κ2) is 8.16. The summed E-state index contributed by atoms with van der Waals surface area (Å²) in [5, 5.41) is -5.73. The summed E-state index contributed by atoms with van der Waals surface area (Å²) in [5.74, 6) is -8.03. The molecule has 4 saturated carbocycles. The van der Waals surface area contributed by atoms with E-state index in [4.69, 9.17) is 18.8 Å². The van der Waals surface area contributed by atoms with E-state index in [0.29, 0.717) is 30.6 Å². The Morgan fingerprint density at radius 3 is 2.39 bits per heavy atom. The summed E-state index contributed by atoms with van der Waals surface area (Å²) < 4.78 is 102. The Morgan fingerprint density at radius 2 is 1.78 bits per heavy atom. The minimum Gasteiger partial charge on any atom is -0.465 e. The Balaban J connectivity index is 1.32. The van der Waals surface area contributed by atoms with Crippen LogP contribution in [0, 0.1) is 26.7 Å². The Labute approximate surface area is 216 Å². The lowest BCUT2D eigenvalue weighted by Gasteiger charge is -2.62. The summed E-state index contributed by atoms with van der Waals surface area (Å²) in [6, 6.07) is 5.10. The lowest BCUT2D eigenvalue weighted by molar-refractivity contribution is -0.294. The molecule has 4 bridgehead atoms. The van der Waals surface area contributed by atoms with Crippen molar-refractivity contribution in [3.05, 3.63) is 27.3 Å². The van der Waals surface area contributed by atoms with Crippen molar-refractivity contribution in [3.8, 4) is 5.75 Å². The minimum atomic E-state index is -6.37. The molecule has 36 heavy (non-hydrogen) atoms. The molecule has 0 saturated heterocycles. The molecule has 198 valence electrons. The highest BCUT2D eigenvalue weighted by atomic mass is 127. The molecule has 2 atom stereocenters. The number of esters is 2. The highest BCUT2D eigenvalue weighted by molar-refractivity contribution is 14.1. The SMILES string of the molecule is O=C1OC2(Oc3c(I)cccc31)C1CC3CC2CC(C(=O)OCCC(F)(F)C(F)(F)S(=O)(=O)O)(C3)C1. The van der Waals surface area contributed by atoms with E-state index in [9.17, 15) is 35.6 Å². The van der Waals surface area contributed by atoms with Crippen LogP contribution >= 0.6 is 22.6 Å². The highest BCUT2D eigenvalue weighted by Crippen LogP contribution is 2.66. The smallest absolute Gasteiger partial charge is 0.431 e. The molecule has 1 heterocycles. The zero-order chi connectivity index (χ0) is 26.3. The van der Waals surface area contributed by atoms with Gasteiger partial charge in [0.25, 0.3) is 5.79 Å². The summed E-state index contributed by atoms with van der Waals surface area (Å²) >= 11 is 2.06. The third-order valence-corrected chi connectivity index (χ3v) is 9.66. The topological polar surface area (TPSA) is 116 Å². The summed E-state index contributed by atoms with van der Waals surface area (Å²) in [5.41, 5.74) is -0.777. The predicted octanol–water partition coefficient (Wildman–Crippen LogP) is 4.41. The quantitative estimate of drug-likeness (QED) is 0.209. The monoisotopic (exact) mass is 648 g/mol. The van der Waals surface area contributed by atoms with Crippen molar-refractivity contribution in [1.29, 1.82) is 0 Å². The van der Waals surface area contributed by atoms with Crippen molar-refractivity contribution in [2.45, 2.75) is 55.5 Å². The normalized spacial score (nSPS) is 33.2. The Kier molecular flexibility index (Phi) is 5.88. The van der Waals surface area contributed by atoms with Crippen LogP contribution in [0.2, 0.25) is 0 Å². The molecular formula is C22H21F4IO8S. The maximum Gasteiger partial charge on any atom is 0.431 e. The third kappa shape index (κ3) is 3.72. The summed E-state index contributed by atoms with van der Waals surface area (Å²) in [6.07, 6.45) is 0.254. The van der Waals surface area contributed by atoms with Gasteiger partial charge in [-0.1, -0.05) is 6.07 Å². The van der Waals surface area contributed by atoms with E-state index in [-0.39, 0.29) is 30.6 Å². The lowest BCUT2D eigenvalue weighted by Crippen LogP contribution is -2.67. The van der Waals surface area contributed by atoms with Crippen LogP contribution in [0.5, 0.6) is 5.75 Å². The Bertz CT molecular complexity index is 1220. The van der Waals surface area contributed by atoms with Gasteiger partial charge in [-0.2, -0.15) is 26.0 Å². The van der Waals surface area contributed by atoms with Crippen LogP contribution in [0.3, 0.4) is 0 Å². The average molecular weight is 648 g/mol. The molecule has 0 aromatic heterocycles. The fourth-order valence-corrected chi connectivity index (χ4v) is 7.51. The second-order valence-electron chi connectivity index (χ2n) is 10.0. The van der Waals surface area contributed by atoms with E-state index in [1.165, 1.54) is 0 Å². The van der Waals surface area contributed by atoms with E-state index >= 15 is 0 Å². The average Bonchev–Trinajstić information content (AvgIpc) is 2.77. The summed E-state index contributed by atoms with van der Waals surface area (Å²) in [7, 11) is -6.37. The molecule has 5 aliphatic rings. The van der Waals surface area contributed by atoms with E-state index in [2.05, 4.69) is 22.6 Å². The van der Waals surface area contributed by atoms with Gasteiger partial charge in [0.1, 0.15) is 5.56 Å². The molecule has 1 spiro atoms. The number of alkyl halides is 4. The molecule has 1 aromatic rings. The van der Waals surface area contributed by atoms with Gasteiger partial charge in [-0.15, -0.1) is 0 Å². The van der Waals surface area contributed by atoms with Gasteiger partial charge in [0.15, 0.2) is 5.75 Å². The number of halogens is 5. The minimum absolute atomic E-state index is 0.0736. The fourth-order valence-electron chi connectivity index (χ4n) is 6.42. The largest absolute Gasteiger partial charge is 0.465 e. The van der Waals surface area contributed by atoms with Gasteiger partial charge < -0.3 is 14.2 Å². The number of hydrogen-bond acceptors (Lipinski definition) is 7. The van der Waals surface area contributed by atoms with Crippen molar-refractivity contribution in [2.75, 3.05) is 6.61 Å². The van der Waals surface area contributed by atoms with Crippen LogP contribution in [0.15, 0.2) is 18.2 Å². The van der Waals surface area contributed by atoms with Gasteiger partial charge in [-0.25, -0.2) is 4.79 Å². The van der Waals surface area contributed by atoms with Crippen molar-refractivity contribution in [1.82, 2.24) is 0 Å². The van der Waals surface area contributed by atoms with Crippen LogP contribution in [0.1, 0.15) is 48.9 Å².